The van der Waals surface area contributed by atoms with Crippen molar-refractivity contribution >= 4 is 22.9 Å². The second kappa shape index (κ2) is 4.83. The highest BCUT2D eigenvalue weighted by Gasteiger charge is 2.20. The van der Waals surface area contributed by atoms with Crippen LogP contribution in [-0.2, 0) is 16.0 Å². The number of rotatable bonds is 2. The molecular weight excluding hydrogens is 220 g/mol. The first-order valence-corrected chi connectivity index (χ1v) is 6.55. The second-order valence-electron chi connectivity index (χ2n) is 3.94. The molecule has 2 rings (SSSR count). The molecule has 0 unspecified atom stereocenters. The van der Waals surface area contributed by atoms with E-state index in [9.17, 15) is 4.79 Å². The number of ether oxygens (including phenoxy) is 1. The highest BCUT2D eigenvalue weighted by atomic mass is 32.1. The van der Waals surface area contributed by atoms with Crippen LogP contribution in [-0.4, -0.2) is 12.6 Å². The van der Waals surface area contributed by atoms with Crippen molar-refractivity contribution in [3.63, 3.8) is 0 Å². The number of aryl methyl sites for hydroxylation is 1. The minimum Gasteiger partial charge on any atom is -0.463 e. The topological polar surface area (TPSA) is 26.3 Å². The highest BCUT2D eigenvalue weighted by Crippen LogP contribution is 2.36. The van der Waals surface area contributed by atoms with Gasteiger partial charge in [-0.2, -0.15) is 0 Å². The third kappa shape index (κ3) is 2.05. The van der Waals surface area contributed by atoms with Gasteiger partial charge in [0.15, 0.2) is 0 Å². The largest absolute Gasteiger partial charge is 0.463 e. The Morgan fingerprint density at radius 3 is 3.06 bits per heavy atom. The summed E-state index contributed by atoms with van der Waals surface area (Å²) in [6, 6.07) is 2.12. The molecule has 0 atom stereocenters. The van der Waals surface area contributed by atoms with Crippen molar-refractivity contribution < 1.29 is 9.53 Å². The molecule has 1 heterocycles. The maximum absolute atomic E-state index is 11.7. The molecule has 0 saturated heterocycles. The summed E-state index contributed by atoms with van der Waals surface area (Å²) in [5.41, 5.74) is 3.23. The number of carbonyl (C=O) groups excluding carboxylic acids is 1. The number of allylic oxidation sites excluding steroid dienone is 1. The van der Waals surface area contributed by atoms with Gasteiger partial charge in [0.1, 0.15) is 0 Å². The summed E-state index contributed by atoms with van der Waals surface area (Å²) in [7, 11) is 0. The monoisotopic (exact) mass is 236 g/mol. The summed E-state index contributed by atoms with van der Waals surface area (Å²) in [6.45, 7) is 4.16. The number of carbonyl (C=O) groups is 1. The van der Waals surface area contributed by atoms with Crippen LogP contribution in [0.3, 0.4) is 0 Å². The smallest absolute Gasteiger partial charge is 0.333 e. The lowest BCUT2D eigenvalue weighted by Gasteiger charge is -2.17. The summed E-state index contributed by atoms with van der Waals surface area (Å²) in [6.07, 6.45) is 3.28. The van der Waals surface area contributed by atoms with Gasteiger partial charge in [-0.3, -0.25) is 0 Å². The van der Waals surface area contributed by atoms with Gasteiger partial charge in [0.05, 0.1) is 6.61 Å². The second-order valence-corrected chi connectivity index (χ2v) is 4.94. The molecule has 0 bridgehead atoms. The first-order chi connectivity index (χ1) is 7.74. The molecule has 0 fully saturated rings. The molecule has 0 spiro atoms. The van der Waals surface area contributed by atoms with Crippen molar-refractivity contribution in [1.82, 2.24) is 0 Å². The molecule has 2 nitrogen and oxygen atoms in total. The van der Waals surface area contributed by atoms with E-state index >= 15 is 0 Å². The van der Waals surface area contributed by atoms with E-state index in [2.05, 4.69) is 11.4 Å². The molecule has 0 amide bonds. The molecule has 0 N–H and O–H groups in total. The lowest BCUT2D eigenvalue weighted by Crippen LogP contribution is -2.09. The van der Waals surface area contributed by atoms with Crippen molar-refractivity contribution in [2.45, 2.75) is 33.1 Å². The van der Waals surface area contributed by atoms with Crippen LogP contribution < -0.4 is 0 Å². The average Bonchev–Trinajstić information content (AvgIpc) is 2.76. The third-order valence-corrected chi connectivity index (χ3v) is 3.92. The molecule has 1 aliphatic carbocycles. The van der Waals surface area contributed by atoms with Gasteiger partial charge in [-0.1, -0.05) is 0 Å². The number of esters is 1. The lowest BCUT2D eigenvalue weighted by molar-refractivity contribution is -0.138. The van der Waals surface area contributed by atoms with E-state index in [0.29, 0.717) is 6.61 Å². The van der Waals surface area contributed by atoms with Crippen LogP contribution in [0.5, 0.6) is 0 Å². The van der Waals surface area contributed by atoms with Gasteiger partial charge in [0.2, 0.25) is 0 Å². The quantitative estimate of drug-likeness (QED) is 0.581. The SMILES string of the molecule is CCOC(=O)/C(C)=C1/CCCc2sccc21. The van der Waals surface area contributed by atoms with Gasteiger partial charge < -0.3 is 4.74 Å². The van der Waals surface area contributed by atoms with Crippen LogP contribution in [0.25, 0.3) is 5.57 Å². The zero-order chi connectivity index (χ0) is 11.5. The standard InChI is InChI=1S/C13H16O2S/c1-3-15-13(14)9(2)10-5-4-6-12-11(10)7-8-16-12/h7-8H,3-6H2,1-2H3/b10-9-. The van der Waals surface area contributed by atoms with E-state index in [0.717, 1.165) is 24.8 Å². The average molecular weight is 236 g/mol. The molecule has 0 radical (unpaired) electrons. The Bertz CT molecular complexity index is 429. The van der Waals surface area contributed by atoms with Crippen LogP contribution in [0.2, 0.25) is 0 Å². The third-order valence-electron chi connectivity index (χ3n) is 2.94. The maximum Gasteiger partial charge on any atom is 0.333 e. The van der Waals surface area contributed by atoms with E-state index in [1.165, 1.54) is 16.0 Å². The van der Waals surface area contributed by atoms with Gasteiger partial charge in [0.25, 0.3) is 0 Å². The van der Waals surface area contributed by atoms with Gasteiger partial charge in [-0.25, -0.2) is 4.79 Å². The zero-order valence-corrected chi connectivity index (χ0v) is 10.5. The zero-order valence-electron chi connectivity index (χ0n) is 9.71. The summed E-state index contributed by atoms with van der Waals surface area (Å²) in [5, 5.41) is 2.11. The van der Waals surface area contributed by atoms with Crippen molar-refractivity contribution in [3.05, 3.63) is 27.5 Å². The Morgan fingerprint density at radius 2 is 2.31 bits per heavy atom. The molecule has 0 aliphatic heterocycles. The first kappa shape index (κ1) is 11.4. The lowest BCUT2D eigenvalue weighted by atomic mass is 9.90. The molecular formula is C13H16O2S. The summed E-state index contributed by atoms with van der Waals surface area (Å²) in [4.78, 5) is 13.1. The summed E-state index contributed by atoms with van der Waals surface area (Å²) in [5.74, 6) is -0.170. The Labute approximate surface area is 99.9 Å². The summed E-state index contributed by atoms with van der Waals surface area (Å²) >= 11 is 1.79. The Kier molecular flexibility index (Phi) is 3.44. The first-order valence-electron chi connectivity index (χ1n) is 5.67. The fourth-order valence-electron chi connectivity index (χ4n) is 2.12. The fourth-order valence-corrected chi connectivity index (χ4v) is 3.06. The predicted molar refractivity (Wildman–Crippen MR) is 66.5 cm³/mol. The maximum atomic E-state index is 11.7. The molecule has 16 heavy (non-hydrogen) atoms. The summed E-state index contributed by atoms with van der Waals surface area (Å²) < 4.78 is 5.06. The normalized spacial score (nSPS) is 17.9. The minimum absolute atomic E-state index is 0.170. The predicted octanol–water partition coefficient (Wildman–Crippen LogP) is 3.42. The molecule has 1 aliphatic rings. The van der Waals surface area contributed by atoms with Crippen LogP contribution in [0.15, 0.2) is 17.0 Å². The van der Waals surface area contributed by atoms with Crippen molar-refractivity contribution in [1.29, 1.82) is 0 Å². The van der Waals surface area contributed by atoms with Gasteiger partial charge in [-0.15, -0.1) is 11.3 Å². The van der Waals surface area contributed by atoms with E-state index in [1.54, 1.807) is 11.3 Å². The van der Waals surface area contributed by atoms with Gasteiger partial charge in [0, 0.05) is 10.5 Å². The fraction of sp³-hybridized carbons (Fsp3) is 0.462. The number of hydrogen-bond acceptors (Lipinski definition) is 3. The molecule has 0 saturated carbocycles. The Balaban J connectivity index is 2.35. The molecule has 1 aromatic rings. The van der Waals surface area contributed by atoms with Crippen LogP contribution >= 0.6 is 11.3 Å². The number of thiophene rings is 1. The van der Waals surface area contributed by atoms with E-state index in [4.69, 9.17) is 4.74 Å². The van der Waals surface area contributed by atoms with E-state index < -0.39 is 0 Å². The minimum atomic E-state index is -0.170. The molecule has 86 valence electrons. The van der Waals surface area contributed by atoms with Crippen LogP contribution in [0.1, 0.15) is 37.1 Å². The van der Waals surface area contributed by atoms with Crippen LogP contribution in [0, 0.1) is 0 Å². The van der Waals surface area contributed by atoms with E-state index in [-0.39, 0.29) is 5.97 Å². The number of hydrogen-bond donors (Lipinski definition) is 0. The van der Waals surface area contributed by atoms with Crippen LogP contribution in [0.4, 0.5) is 0 Å². The van der Waals surface area contributed by atoms with Gasteiger partial charge >= 0.3 is 5.97 Å². The van der Waals surface area contributed by atoms with Crippen molar-refractivity contribution in [3.8, 4) is 0 Å². The number of fused-ring (bicyclic) bond motifs is 1. The van der Waals surface area contributed by atoms with Gasteiger partial charge in [-0.05, 0) is 55.7 Å². The molecule has 3 heteroatoms. The Hall–Kier alpha value is -1.09. The van der Waals surface area contributed by atoms with Crippen molar-refractivity contribution in [2.75, 3.05) is 6.61 Å². The molecule has 1 aromatic heterocycles. The highest BCUT2D eigenvalue weighted by molar-refractivity contribution is 7.10. The van der Waals surface area contributed by atoms with Crippen molar-refractivity contribution in [2.24, 2.45) is 0 Å². The van der Waals surface area contributed by atoms with E-state index in [1.807, 2.05) is 13.8 Å². The Morgan fingerprint density at radius 1 is 1.50 bits per heavy atom. The molecule has 0 aromatic carbocycles.